The molecule has 0 unspecified atom stereocenters. The number of rotatable bonds is 4. The van der Waals surface area contributed by atoms with Gasteiger partial charge in [-0.25, -0.2) is 0 Å². The minimum Gasteiger partial charge on any atom is -0.481 e. The summed E-state index contributed by atoms with van der Waals surface area (Å²) in [6.07, 6.45) is 7.64. The Morgan fingerprint density at radius 1 is 0.900 bits per heavy atom. The first kappa shape index (κ1) is 15.3. The van der Waals surface area contributed by atoms with Crippen molar-refractivity contribution >= 4 is 11.9 Å². The molecule has 0 aromatic heterocycles. The zero-order valence-electron chi connectivity index (χ0n) is 12.4. The van der Waals surface area contributed by atoms with Crippen LogP contribution in [-0.2, 0) is 9.59 Å². The lowest BCUT2D eigenvalue weighted by Gasteiger charge is -2.50. The zero-order valence-corrected chi connectivity index (χ0v) is 12.4. The van der Waals surface area contributed by atoms with Gasteiger partial charge in [-0.2, -0.15) is 0 Å². The van der Waals surface area contributed by atoms with E-state index in [4.69, 9.17) is 0 Å². The number of carbonyl (C=O) groups is 2. The van der Waals surface area contributed by atoms with Crippen LogP contribution in [0.3, 0.4) is 0 Å². The van der Waals surface area contributed by atoms with E-state index in [1.807, 2.05) is 0 Å². The molecule has 114 valence electrons. The van der Waals surface area contributed by atoms with Gasteiger partial charge in [0.2, 0.25) is 0 Å². The van der Waals surface area contributed by atoms with Crippen LogP contribution in [0.1, 0.15) is 71.1 Å². The molecule has 2 N–H and O–H groups in total. The summed E-state index contributed by atoms with van der Waals surface area (Å²) >= 11 is 0. The summed E-state index contributed by atoms with van der Waals surface area (Å²) in [5.41, 5.74) is -2.07. The van der Waals surface area contributed by atoms with Crippen molar-refractivity contribution in [3.8, 4) is 0 Å². The van der Waals surface area contributed by atoms with E-state index < -0.39 is 22.8 Å². The normalized spacial score (nSPS) is 33.5. The molecule has 0 radical (unpaired) electrons. The standard InChI is InChI=1S/C16H26O4/c1-2-12-6-10-16(11-7-12,14(19)20)15(13(17)18)8-4-3-5-9-15/h12H,2-11H2,1H3,(H,17,18)(H,19,20). The molecule has 0 bridgehead atoms. The summed E-state index contributed by atoms with van der Waals surface area (Å²) in [5, 5.41) is 19.7. The van der Waals surface area contributed by atoms with Crippen molar-refractivity contribution in [3.05, 3.63) is 0 Å². The summed E-state index contributed by atoms with van der Waals surface area (Å²) in [5.74, 6) is -1.19. The fourth-order valence-electron chi connectivity index (χ4n) is 4.53. The molecule has 0 saturated heterocycles. The maximum absolute atomic E-state index is 12.0. The van der Waals surface area contributed by atoms with Gasteiger partial charge in [0.1, 0.15) is 0 Å². The molecule has 2 saturated carbocycles. The van der Waals surface area contributed by atoms with Gasteiger partial charge < -0.3 is 10.2 Å². The first-order valence-corrected chi connectivity index (χ1v) is 7.95. The second-order valence-electron chi connectivity index (χ2n) is 6.69. The Balaban J connectivity index is 2.35. The first-order valence-electron chi connectivity index (χ1n) is 7.95. The molecule has 0 spiro atoms. The second-order valence-corrected chi connectivity index (χ2v) is 6.69. The molecule has 4 heteroatoms. The number of hydrogen-bond acceptors (Lipinski definition) is 2. The molecule has 4 nitrogen and oxygen atoms in total. The zero-order chi connectivity index (χ0) is 14.8. The molecule has 0 amide bonds. The molecule has 20 heavy (non-hydrogen) atoms. The Morgan fingerprint density at radius 2 is 1.35 bits per heavy atom. The SMILES string of the molecule is CCC1CCC(C(=O)O)(C2(C(=O)O)CCCCC2)CC1. The Bertz CT molecular complexity index is 374. The predicted molar refractivity (Wildman–Crippen MR) is 75.5 cm³/mol. The predicted octanol–water partition coefficient (Wildman–Crippen LogP) is 3.69. The van der Waals surface area contributed by atoms with Crippen LogP contribution >= 0.6 is 0 Å². The molecule has 2 aliphatic carbocycles. The van der Waals surface area contributed by atoms with E-state index in [-0.39, 0.29) is 0 Å². The van der Waals surface area contributed by atoms with Crippen LogP contribution in [0.2, 0.25) is 0 Å². The van der Waals surface area contributed by atoms with Crippen LogP contribution in [0.15, 0.2) is 0 Å². The number of carboxylic acids is 2. The monoisotopic (exact) mass is 282 g/mol. The lowest BCUT2D eigenvalue weighted by atomic mass is 9.51. The summed E-state index contributed by atoms with van der Waals surface area (Å²) in [6.45, 7) is 2.13. The van der Waals surface area contributed by atoms with Crippen molar-refractivity contribution < 1.29 is 19.8 Å². The van der Waals surface area contributed by atoms with Gasteiger partial charge in [0.05, 0.1) is 10.8 Å². The lowest BCUT2D eigenvalue weighted by molar-refractivity contribution is -0.183. The molecule has 0 atom stereocenters. The van der Waals surface area contributed by atoms with E-state index in [1.54, 1.807) is 0 Å². The van der Waals surface area contributed by atoms with Crippen molar-refractivity contribution in [2.75, 3.05) is 0 Å². The van der Waals surface area contributed by atoms with Crippen LogP contribution in [0.4, 0.5) is 0 Å². The Morgan fingerprint density at radius 3 is 1.75 bits per heavy atom. The number of aliphatic carboxylic acids is 2. The summed E-state index contributed by atoms with van der Waals surface area (Å²) in [7, 11) is 0. The summed E-state index contributed by atoms with van der Waals surface area (Å²) in [4.78, 5) is 24.0. The molecule has 0 heterocycles. The highest BCUT2D eigenvalue weighted by molar-refractivity contribution is 5.87. The molecular weight excluding hydrogens is 256 g/mol. The van der Waals surface area contributed by atoms with Gasteiger partial charge in [-0.3, -0.25) is 9.59 Å². The molecule has 0 aliphatic heterocycles. The topological polar surface area (TPSA) is 74.6 Å². The van der Waals surface area contributed by atoms with E-state index >= 15 is 0 Å². The highest BCUT2D eigenvalue weighted by Crippen LogP contribution is 2.58. The second kappa shape index (κ2) is 5.74. The largest absolute Gasteiger partial charge is 0.481 e. The van der Waals surface area contributed by atoms with E-state index in [0.29, 0.717) is 31.6 Å². The van der Waals surface area contributed by atoms with Crippen molar-refractivity contribution in [1.29, 1.82) is 0 Å². The van der Waals surface area contributed by atoms with Gasteiger partial charge in [-0.1, -0.05) is 32.6 Å². The highest BCUT2D eigenvalue weighted by atomic mass is 16.4. The van der Waals surface area contributed by atoms with Gasteiger partial charge in [-0.15, -0.1) is 0 Å². The van der Waals surface area contributed by atoms with E-state index in [9.17, 15) is 19.8 Å². The molecule has 2 rings (SSSR count). The van der Waals surface area contributed by atoms with E-state index in [1.165, 1.54) is 0 Å². The Labute approximate surface area is 120 Å². The third kappa shape index (κ3) is 2.23. The number of hydrogen-bond donors (Lipinski definition) is 2. The minimum atomic E-state index is -1.04. The molecule has 0 aromatic rings. The molecule has 0 aromatic carbocycles. The lowest BCUT2D eigenvalue weighted by Crippen LogP contribution is -2.55. The van der Waals surface area contributed by atoms with Gasteiger partial charge in [0.25, 0.3) is 0 Å². The van der Waals surface area contributed by atoms with Crippen LogP contribution in [0.5, 0.6) is 0 Å². The fourth-order valence-corrected chi connectivity index (χ4v) is 4.53. The Hall–Kier alpha value is -1.06. The molecule has 2 fully saturated rings. The third-order valence-electron chi connectivity index (χ3n) is 5.98. The minimum absolute atomic E-state index is 0.533. The average molecular weight is 282 g/mol. The van der Waals surface area contributed by atoms with Crippen molar-refractivity contribution in [2.24, 2.45) is 16.7 Å². The molecular formula is C16H26O4. The quantitative estimate of drug-likeness (QED) is 0.824. The smallest absolute Gasteiger partial charge is 0.310 e. The summed E-state index contributed by atoms with van der Waals surface area (Å²) in [6, 6.07) is 0. The van der Waals surface area contributed by atoms with Crippen molar-refractivity contribution in [2.45, 2.75) is 71.1 Å². The van der Waals surface area contributed by atoms with Gasteiger partial charge in [-0.05, 0) is 44.4 Å². The Kier molecular flexibility index (Phi) is 4.40. The van der Waals surface area contributed by atoms with Crippen LogP contribution in [-0.4, -0.2) is 22.2 Å². The maximum atomic E-state index is 12.0. The fraction of sp³-hybridized carbons (Fsp3) is 0.875. The maximum Gasteiger partial charge on any atom is 0.310 e. The highest BCUT2D eigenvalue weighted by Gasteiger charge is 2.61. The van der Waals surface area contributed by atoms with Gasteiger partial charge in [0, 0.05) is 0 Å². The number of carboxylic acid groups (broad SMARTS) is 2. The van der Waals surface area contributed by atoms with Crippen LogP contribution < -0.4 is 0 Å². The summed E-state index contributed by atoms with van der Waals surface area (Å²) < 4.78 is 0. The molecule has 2 aliphatic rings. The van der Waals surface area contributed by atoms with E-state index in [2.05, 4.69) is 6.92 Å². The third-order valence-corrected chi connectivity index (χ3v) is 5.98. The van der Waals surface area contributed by atoms with Crippen molar-refractivity contribution in [3.63, 3.8) is 0 Å². The van der Waals surface area contributed by atoms with Gasteiger partial charge in [0.15, 0.2) is 0 Å². The van der Waals surface area contributed by atoms with Crippen LogP contribution in [0.25, 0.3) is 0 Å². The first-order chi connectivity index (χ1) is 9.48. The average Bonchev–Trinajstić information content (AvgIpc) is 2.47. The van der Waals surface area contributed by atoms with Crippen molar-refractivity contribution in [1.82, 2.24) is 0 Å². The van der Waals surface area contributed by atoms with Gasteiger partial charge >= 0.3 is 11.9 Å². The van der Waals surface area contributed by atoms with Crippen LogP contribution in [0, 0.1) is 16.7 Å². The van der Waals surface area contributed by atoms with E-state index in [0.717, 1.165) is 38.5 Å².